The third-order valence-corrected chi connectivity index (χ3v) is 5.98. The van der Waals surface area contributed by atoms with Gasteiger partial charge in [-0.25, -0.2) is 12.8 Å². The number of hydrogen-bond acceptors (Lipinski definition) is 3. The van der Waals surface area contributed by atoms with Crippen molar-refractivity contribution in [3.05, 3.63) is 65.5 Å². The number of nitrogens with two attached hydrogens (primary N) is 1. The van der Waals surface area contributed by atoms with Crippen LogP contribution >= 0.6 is 0 Å². The highest BCUT2D eigenvalue weighted by Gasteiger charge is 2.40. The fourth-order valence-corrected chi connectivity index (χ4v) is 4.60. The zero-order valence-electron chi connectivity index (χ0n) is 10.7. The zero-order chi connectivity index (χ0) is 14.3. The predicted octanol–water partition coefficient (Wildman–Crippen LogP) is 2.22. The maximum Gasteiger partial charge on any atom is 0.186 e. The van der Waals surface area contributed by atoms with E-state index in [1.165, 1.54) is 18.2 Å². The third kappa shape index (κ3) is 1.94. The maximum absolute atomic E-state index is 13.8. The molecule has 0 saturated carbocycles. The molecule has 0 bridgehead atoms. The molecule has 3 nitrogen and oxygen atoms in total. The Balaban J connectivity index is 2.05. The molecule has 2 aromatic rings. The molecule has 0 spiro atoms. The Morgan fingerprint density at radius 1 is 1.05 bits per heavy atom. The zero-order valence-corrected chi connectivity index (χ0v) is 11.5. The van der Waals surface area contributed by atoms with Crippen molar-refractivity contribution in [2.45, 2.75) is 22.6 Å². The normalized spacial score (nSPS) is 21.7. The number of fused-ring (bicyclic) bond motifs is 1. The first-order chi connectivity index (χ1) is 9.51. The van der Waals surface area contributed by atoms with Crippen LogP contribution in [0.3, 0.4) is 0 Å². The number of sulfone groups is 1. The Morgan fingerprint density at radius 3 is 2.40 bits per heavy atom. The second-order valence-corrected chi connectivity index (χ2v) is 7.08. The largest absolute Gasteiger partial charge is 0.323 e. The average Bonchev–Trinajstić information content (AvgIpc) is 2.78. The van der Waals surface area contributed by atoms with Crippen LogP contribution in [0.2, 0.25) is 0 Å². The standard InChI is InChI=1S/C15H14FNO2S/c16-12-7-3-4-8-13(12)20(18,19)14-9-10-5-1-2-6-11(10)15(14)17/h1-8,14-15H,9,17H2. The topological polar surface area (TPSA) is 60.2 Å². The van der Waals surface area contributed by atoms with Gasteiger partial charge in [0.2, 0.25) is 0 Å². The lowest BCUT2D eigenvalue weighted by Gasteiger charge is -2.17. The minimum atomic E-state index is -3.79. The van der Waals surface area contributed by atoms with E-state index in [9.17, 15) is 12.8 Å². The Bertz CT molecular complexity index is 758. The molecule has 0 radical (unpaired) electrons. The van der Waals surface area contributed by atoms with Gasteiger partial charge in [-0.2, -0.15) is 0 Å². The van der Waals surface area contributed by atoms with Crippen LogP contribution in [-0.2, 0) is 16.3 Å². The summed E-state index contributed by atoms with van der Waals surface area (Å²) in [6, 6.07) is 12.2. The molecule has 3 rings (SSSR count). The lowest BCUT2D eigenvalue weighted by atomic mass is 10.1. The lowest BCUT2D eigenvalue weighted by molar-refractivity contribution is 0.546. The van der Waals surface area contributed by atoms with Gasteiger partial charge < -0.3 is 5.73 Å². The highest BCUT2D eigenvalue weighted by molar-refractivity contribution is 7.92. The van der Waals surface area contributed by atoms with Gasteiger partial charge in [-0.3, -0.25) is 0 Å². The molecule has 0 aliphatic heterocycles. The van der Waals surface area contributed by atoms with Gasteiger partial charge in [-0.1, -0.05) is 36.4 Å². The van der Waals surface area contributed by atoms with Gasteiger partial charge in [0.25, 0.3) is 0 Å². The van der Waals surface area contributed by atoms with E-state index in [-0.39, 0.29) is 4.90 Å². The smallest absolute Gasteiger partial charge is 0.186 e. The van der Waals surface area contributed by atoms with Crippen LogP contribution in [0.15, 0.2) is 53.4 Å². The van der Waals surface area contributed by atoms with E-state index >= 15 is 0 Å². The van der Waals surface area contributed by atoms with E-state index in [1.54, 1.807) is 0 Å². The first-order valence-electron chi connectivity index (χ1n) is 6.33. The molecule has 0 heterocycles. The van der Waals surface area contributed by atoms with Crippen LogP contribution in [0.4, 0.5) is 4.39 Å². The number of rotatable bonds is 2. The maximum atomic E-state index is 13.8. The minimum Gasteiger partial charge on any atom is -0.323 e. The van der Waals surface area contributed by atoms with Crippen LogP contribution in [0, 0.1) is 5.82 Å². The fourth-order valence-electron chi connectivity index (χ4n) is 2.73. The highest BCUT2D eigenvalue weighted by atomic mass is 32.2. The van der Waals surface area contributed by atoms with E-state index in [2.05, 4.69) is 0 Å². The summed E-state index contributed by atoms with van der Waals surface area (Å²) in [5, 5.41) is -0.809. The van der Waals surface area contributed by atoms with E-state index < -0.39 is 26.9 Å². The monoisotopic (exact) mass is 291 g/mol. The Labute approximate surface area is 117 Å². The molecule has 2 aromatic carbocycles. The molecule has 1 aliphatic rings. The van der Waals surface area contributed by atoms with Crippen LogP contribution < -0.4 is 5.73 Å². The van der Waals surface area contributed by atoms with Gasteiger partial charge in [-0.05, 0) is 29.7 Å². The van der Waals surface area contributed by atoms with Crippen molar-refractivity contribution in [2.75, 3.05) is 0 Å². The first kappa shape index (κ1) is 13.3. The molecule has 0 saturated heterocycles. The van der Waals surface area contributed by atoms with Crippen molar-refractivity contribution < 1.29 is 12.8 Å². The van der Waals surface area contributed by atoms with Crippen LogP contribution in [0.5, 0.6) is 0 Å². The summed E-state index contributed by atoms with van der Waals surface area (Å²) in [6.45, 7) is 0. The van der Waals surface area contributed by atoms with Gasteiger partial charge in [0.05, 0.1) is 5.25 Å². The summed E-state index contributed by atoms with van der Waals surface area (Å²) in [6.07, 6.45) is 0.327. The molecule has 0 amide bonds. The SMILES string of the molecule is NC1c2ccccc2CC1S(=O)(=O)c1ccccc1F. The van der Waals surface area contributed by atoms with Crippen molar-refractivity contribution in [3.8, 4) is 0 Å². The Hall–Kier alpha value is -1.72. The minimum absolute atomic E-state index is 0.270. The van der Waals surface area contributed by atoms with Gasteiger partial charge in [0, 0.05) is 6.04 Å². The van der Waals surface area contributed by atoms with E-state index in [1.807, 2.05) is 24.3 Å². The second kappa shape index (κ2) is 4.68. The lowest BCUT2D eigenvalue weighted by Crippen LogP contribution is -2.31. The van der Waals surface area contributed by atoms with Crippen molar-refractivity contribution in [3.63, 3.8) is 0 Å². The second-order valence-electron chi connectivity index (χ2n) is 4.94. The summed E-state index contributed by atoms with van der Waals surface area (Å²) in [7, 11) is -3.79. The van der Waals surface area contributed by atoms with Crippen molar-refractivity contribution >= 4 is 9.84 Å². The molecule has 104 valence electrons. The number of benzene rings is 2. The third-order valence-electron chi connectivity index (χ3n) is 3.78. The van der Waals surface area contributed by atoms with Crippen LogP contribution in [0.25, 0.3) is 0 Å². The summed E-state index contributed by atoms with van der Waals surface area (Å²) in [5.41, 5.74) is 7.81. The molecule has 5 heteroatoms. The van der Waals surface area contributed by atoms with Gasteiger partial charge in [-0.15, -0.1) is 0 Å². The number of hydrogen-bond donors (Lipinski definition) is 1. The molecule has 20 heavy (non-hydrogen) atoms. The average molecular weight is 291 g/mol. The molecule has 2 unspecified atom stereocenters. The molecule has 2 atom stereocenters. The Kier molecular flexibility index (Phi) is 3.11. The van der Waals surface area contributed by atoms with Gasteiger partial charge in [0.15, 0.2) is 9.84 Å². The summed E-state index contributed by atoms with van der Waals surface area (Å²) < 4.78 is 39.0. The van der Waals surface area contributed by atoms with Crippen LogP contribution in [0.1, 0.15) is 17.2 Å². The van der Waals surface area contributed by atoms with Crippen LogP contribution in [-0.4, -0.2) is 13.7 Å². The molecular formula is C15H14FNO2S. The summed E-state index contributed by atoms with van der Waals surface area (Å²) in [4.78, 5) is -0.270. The number of halogens is 1. The highest BCUT2D eigenvalue weighted by Crippen LogP contribution is 2.36. The molecule has 2 N–H and O–H groups in total. The molecule has 0 fully saturated rings. The van der Waals surface area contributed by atoms with Crippen molar-refractivity contribution in [2.24, 2.45) is 5.73 Å². The van der Waals surface area contributed by atoms with Crippen molar-refractivity contribution in [1.29, 1.82) is 0 Å². The summed E-state index contributed by atoms with van der Waals surface area (Å²) in [5.74, 6) is -0.726. The van der Waals surface area contributed by atoms with Gasteiger partial charge in [0.1, 0.15) is 10.7 Å². The molecule has 1 aliphatic carbocycles. The van der Waals surface area contributed by atoms with E-state index in [0.29, 0.717) is 6.42 Å². The van der Waals surface area contributed by atoms with Crippen molar-refractivity contribution in [1.82, 2.24) is 0 Å². The van der Waals surface area contributed by atoms with Gasteiger partial charge >= 0.3 is 0 Å². The quantitative estimate of drug-likeness (QED) is 0.923. The Morgan fingerprint density at radius 2 is 1.70 bits per heavy atom. The summed E-state index contributed by atoms with van der Waals surface area (Å²) >= 11 is 0. The molecular weight excluding hydrogens is 277 g/mol. The first-order valence-corrected chi connectivity index (χ1v) is 7.88. The van der Waals surface area contributed by atoms with E-state index in [0.717, 1.165) is 17.2 Å². The van der Waals surface area contributed by atoms with E-state index in [4.69, 9.17) is 5.73 Å². The fraction of sp³-hybridized carbons (Fsp3) is 0.200. The molecule has 0 aromatic heterocycles. The predicted molar refractivity (Wildman–Crippen MR) is 74.4 cm³/mol.